The molecule has 1 unspecified atom stereocenters. The highest BCUT2D eigenvalue weighted by Crippen LogP contribution is 2.26. The summed E-state index contributed by atoms with van der Waals surface area (Å²) >= 11 is 0. The molecule has 3 aromatic rings. The molecule has 0 saturated carbocycles. The fourth-order valence-electron chi connectivity index (χ4n) is 3.45. The Morgan fingerprint density at radius 2 is 2.04 bits per heavy atom. The average Bonchev–Trinajstić information content (AvgIpc) is 3.02. The zero-order valence-electron chi connectivity index (χ0n) is 14.9. The van der Waals surface area contributed by atoms with Crippen LogP contribution < -0.4 is 5.32 Å². The van der Waals surface area contributed by atoms with E-state index < -0.39 is 0 Å². The summed E-state index contributed by atoms with van der Waals surface area (Å²) in [6.45, 7) is 1.91. The quantitative estimate of drug-likeness (QED) is 0.791. The van der Waals surface area contributed by atoms with Crippen LogP contribution >= 0.6 is 0 Å². The third kappa shape index (κ3) is 3.22. The van der Waals surface area contributed by atoms with Crippen LogP contribution in [0.3, 0.4) is 0 Å². The van der Waals surface area contributed by atoms with Crippen LogP contribution in [0.5, 0.6) is 0 Å². The van der Waals surface area contributed by atoms with Crippen LogP contribution in [0, 0.1) is 12.8 Å². The predicted molar refractivity (Wildman–Crippen MR) is 99.6 cm³/mol. The van der Waals surface area contributed by atoms with E-state index in [0.29, 0.717) is 18.1 Å². The van der Waals surface area contributed by atoms with Gasteiger partial charge in [-0.3, -0.25) is 9.48 Å². The first-order valence-electron chi connectivity index (χ1n) is 8.82. The Kier molecular flexibility index (Phi) is 4.24. The molecule has 2 heterocycles. The molecule has 1 aromatic carbocycles. The predicted octanol–water partition coefficient (Wildman–Crippen LogP) is 2.93. The Hall–Kier alpha value is -3.02. The van der Waals surface area contributed by atoms with Gasteiger partial charge in [-0.05, 0) is 25.3 Å². The number of benzene rings is 1. The Labute approximate surface area is 152 Å². The number of amides is 1. The minimum absolute atomic E-state index is 0.00830. The second kappa shape index (κ2) is 6.71. The molecule has 6 heteroatoms. The minimum atomic E-state index is -0.0617. The molecule has 4 rings (SSSR count). The van der Waals surface area contributed by atoms with Crippen LogP contribution in [0.25, 0.3) is 11.4 Å². The number of carbonyl (C=O) groups excluding carboxylic acids is 1. The van der Waals surface area contributed by atoms with Crippen LogP contribution in [0.15, 0.2) is 42.6 Å². The molecular weight excluding hydrogens is 326 g/mol. The van der Waals surface area contributed by atoms with Crippen molar-refractivity contribution < 1.29 is 4.79 Å². The van der Waals surface area contributed by atoms with Crippen molar-refractivity contribution in [2.45, 2.75) is 26.2 Å². The Morgan fingerprint density at radius 1 is 1.23 bits per heavy atom. The van der Waals surface area contributed by atoms with Crippen molar-refractivity contribution in [3.8, 4) is 11.4 Å². The molecule has 1 N–H and O–H groups in total. The lowest BCUT2D eigenvalue weighted by Gasteiger charge is -2.22. The molecule has 2 aromatic heterocycles. The van der Waals surface area contributed by atoms with Gasteiger partial charge in [-0.15, -0.1) is 0 Å². The molecule has 1 aliphatic carbocycles. The van der Waals surface area contributed by atoms with E-state index in [4.69, 9.17) is 0 Å². The smallest absolute Gasteiger partial charge is 0.229 e. The SMILES string of the molecule is Cc1cc(NC(=O)C2CCc3cnn(C)c3C2)nc(-c2ccccc2)n1. The van der Waals surface area contributed by atoms with Crippen molar-refractivity contribution in [1.29, 1.82) is 0 Å². The lowest BCUT2D eigenvalue weighted by Crippen LogP contribution is -2.29. The fourth-order valence-corrected chi connectivity index (χ4v) is 3.45. The Bertz CT molecular complexity index is 948. The highest BCUT2D eigenvalue weighted by Gasteiger charge is 2.27. The van der Waals surface area contributed by atoms with Gasteiger partial charge >= 0.3 is 0 Å². The topological polar surface area (TPSA) is 72.7 Å². The molecule has 0 saturated heterocycles. The van der Waals surface area contributed by atoms with Crippen LogP contribution in [-0.2, 0) is 24.7 Å². The van der Waals surface area contributed by atoms with Gasteiger partial charge in [0.05, 0.1) is 6.20 Å². The van der Waals surface area contributed by atoms with E-state index >= 15 is 0 Å². The molecule has 0 fully saturated rings. The summed E-state index contributed by atoms with van der Waals surface area (Å²) in [6, 6.07) is 11.6. The van der Waals surface area contributed by atoms with E-state index in [2.05, 4.69) is 20.4 Å². The molecular formula is C20H21N5O. The van der Waals surface area contributed by atoms with E-state index in [1.165, 1.54) is 5.56 Å². The number of anilines is 1. The first-order chi connectivity index (χ1) is 12.6. The third-order valence-corrected chi connectivity index (χ3v) is 4.86. The van der Waals surface area contributed by atoms with Gasteiger partial charge in [-0.1, -0.05) is 30.3 Å². The summed E-state index contributed by atoms with van der Waals surface area (Å²) in [7, 11) is 1.93. The monoisotopic (exact) mass is 347 g/mol. The maximum absolute atomic E-state index is 12.8. The van der Waals surface area contributed by atoms with Crippen LogP contribution in [0.2, 0.25) is 0 Å². The van der Waals surface area contributed by atoms with Gasteiger partial charge in [0.1, 0.15) is 5.82 Å². The van der Waals surface area contributed by atoms with Gasteiger partial charge in [-0.25, -0.2) is 9.97 Å². The number of nitrogens with one attached hydrogen (secondary N) is 1. The van der Waals surface area contributed by atoms with Gasteiger partial charge in [0.25, 0.3) is 0 Å². The lowest BCUT2D eigenvalue weighted by molar-refractivity contribution is -0.120. The van der Waals surface area contributed by atoms with E-state index in [1.54, 1.807) is 0 Å². The maximum atomic E-state index is 12.8. The zero-order valence-corrected chi connectivity index (χ0v) is 14.9. The molecule has 0 aliphatic heterocycles. The number of nitrogens with zero attached hydrogens (tertiary/aromatic N) is 4. The van der Waals surface area contributed by atoms with Crippen molar-refractivity contribution in [2.24, 2.45) is 13.0 Å². The van der Waals surface area contributed by atoms with E-state index in [9.17, 15) is 4.79 Å². The van der Waals surface area contributed by atoms with Gasteiger partial charge in [0.15, 0.2) is 5.82 Å². The molecule has 1 amide bonds. The standard InChI is InChI=1S/C20H21N5O/c1-13-10-18(23-19(22-13)14-6-4-3-5-7-14)24-20(26)15-8-9-16-12-21-25(2)17(16)11-15/h3-7,10,12,15H,8-9,11H2,1-2H3,(H,22,23,24,26). The summed E-state index contributed by atoms with van der Waals surface area (Å²) in [5.74, 6) is 1.12. The first kappa shape index (κ1) is 16.4. The average molecular weight is 347 g/mol. The van der Waals surface area contributed by atoms with E-state index in [-0.39, 0.29) is 11.8 Å². The Morgan fingerprint density at radius 3 is 2.85 bits per heavy atom. The van der Waals surface area contributed by atoms with Crippen molar-refractivity contribution in [3.63, 3.8) is 0 Å². The number of hydrogen-bond donors (Lipinski definition) is 1. The summed E-state index contributed by atoms with van der Waals surface area (Å²) < 4.78 is 1.87. The van der Waals surface area contributed by atoms with Crippen molar-refractivity contribution >= 4 is 11.7 Å². The highest BCUT2D eigenvalue weighted by molar-refractivity contribution is 5.92. The molecule has 0 bridgehead atoms. The number of hydrogen-bond acceptors (Lipinski definition) is 4. The summed E-state index contributed by atoms with van der Waals surface area (Å²) in [4.78, 5) is 21.8. The zero-order chi connectivity index (χ0) is 18.1. The van der Waals surface area contributed by atoms with Crippen LogP contribution in [-0.4, -0.2) is 25.7 Å². The molecule has 0 radical (unpaired) electrons. The second-order valence-corrected chi connectivity index (χ2v) is 6.75. The van der Waals surface area contributed by atoms with Crippen LogP contribution in [0.1, 0.15) is 23.4 Å². The lowest BCUT2D eigenvalue weighted by atomic mass is 9.87. The molecule has 0 spiro atoms. The number of fused-ring (bicyclic) bond motifs is 1. The molecule has 1 atom stereocenters. The van der Waals surface area contributed by atoms with E-state index in [0.717, 1.165) is 29.8 Å². The first-order valence-corrected chi connectivity index (χ1v) is 8.82. The normalized spacial score (nSPS) is 16.2. The molecule has 1 aliphatic rings. The summed E-state index contributed by atoms with van der Waals surface area (Å²) in [6.07, 6.45) is 4.34. The van der Waals surface area contributed by atoms with Crippen molar-refractivity contribution in [2.75, 3.05) is 5.32 Å². The summed E-state index contributed by atoms with van der Waals surface area (Å²) in [5, 5.41) is 7.28. The molecule has 6 nitrogen and oxygen atoms in total. The van der Waals surface area contributed by atoms with Crippen molar-refractivity contribution in [1.82, 2.24) is 19.7 Å². The number of aromatic nitrogens is 4. The minimum Gasteiger partial charge on any atom is -0.310 e. The largest absolute Gasteiger partial charge is 0.310 e. The van der Waals surface area contributed by atoms with Gasteiger partial charge in [-0.2, -0.15) is 5.10 Å². The van der Waals surface area contributed by atoms with Crippen LogP contribution in [0.4, 0.5) is 5.82 Å². The Balaban J connectivity index is 1.53. The van der Waals surface area contributed by atoms with Crippen molar-refractivity contribution in [3.05, 3.63) is 59.5 Å². The fraction of sp³-hybridized carbons (Fsp3) is 0.300. The third-order valence-electron chi connectivity index (χ3n) is 4.86. The molecule has 132 valence electrons. The number of rotatable bonds is 3. The number of carbonyl (C=O) groups is 1. The summed E-state index contributed by atoms with van der Waals surface area (Å²) in [5.41, 5.74) is 4.16. The maximum Gasteiger partial charge on any atom is 0.229 e. The van der Waals surface area contributed by atoms with Gasteiger partial charge < -0.3 is 5.32 Å². The molecule has 26 heavy (non-hydrogen) atoms. The number of aryl methyl sites for hydroxylation is 3. The van der Waals surface area contributed by atoms with E-state index in [1.807, 2.05) is 61.2 Å². The van der Waals surface area contributed by atoms with Gasteiger partial charge in [0.2, 0.25) is 5.91 Å². The highest BCUT2D eigenvalue weighted by atomic mass is 16.1. The van der Waals surface area contributed by atoms with Gasteiger partial charge in [0, 0.05) is 42.4 Å². The second-order valence-electron chi connectivity index (χ2n) is 6.75.